The molecule has 0 spiro atoms. The molecular formula is C7H12N2O5. The molecule has 0 unspecified atom stereocenters. The van der Waals surface area contributed by atoms with Crippen LogP contribution in [-0.2, 0) is 14.4 Å². The molecule has 0 radical (unpaired) electrons. The van der Waals surface area contributed by atoms with Crippen LogP contribution in [0.15, 0.2) is 11.8 Å². The fraction of sp³-hybridized carbons (Fsp3) is 0.571. The second-order valence-corrected chi connectivity index (χ2v) is 2.47. The zero-order valence-corrected chi connectivity index (χ0v) is 7.76. The van der Waals surface area contributed by atoms with Gasteiger partial charge in [0.05, 0.1) is 13.2 Å². The van der Waals surface area contributed by atoms with Crippen molar-refractivity contribution >= 4 is 5.97 Å². The molecule has 0 fully saturated rings. The highest BCUT2D eigenvalue weighted by Crippen LogP contribution is 1.89. The number of hydrogen-bond acceptors (Lipinski definition) is 6. The first-order valence-corrected chi connectivity index (χ1v) is 3.90. The molecule has 2 N–H and O–H groups in total. The average molecular weight is 204 g/mol. The van der Waals surface area contributed by atoms with E-state index in [4.69, 9.17) is 5.73 Å². The molecule has 7 nitrogen and oxygen atoms in total. The Labute approximate surface area is 80.6 Å². The summed E-state index contributed by atoms with van der Waals surface area (Å²) in [4.78, 5) is 24.5. The Balaban J connectivity index is 3.41. The Morgan fingerprint density at radius 2 is 2.21 bits per heavy atom. The smallest absolute Gasteiger partial charge is 0.332 e. The molecule has 80 valence electrons. The molecule has 0 aliphatic rings. The zero-order chi connectivity index (χ0) is 11.0. The van der Waals surface area contributed by atoms with Gasteiger partial charge in [-0.15, -0.1) is 10.1 Å². The Morgan fingerprint density at radius 1 is 1.57 bits per heavy atom. The highest BCUT2D eigenvalue weighted by atomic mass is 16.9. The van der Waals surface area contributed by atoms with Gasteiger partial charge in [0.2, 0.25) is 0 Å². The molecule has 0 rings (SSSR count). The van der Waals surface area contributed by atoms with Gasteiger partial charge in [0, 0.05) is 18.2 Å². The van der Waals surface area contributed by atoms with E-state index in [-0.39, 0.29) is 19.6 Å². The molecule has 14 heavy (non-hydrogen) atoms. The van der Waals surface area contributed by atoms with Gasteiger partial charge in [0.25, 0.3) is 5.09 Å². The van der Waals surface area contributed by atoms with Crippen LogP contribution in [0.1, 0.15) is 13.3 Å². The third-order valence-corrected chi connectivity index (χ3v) is 1.08. The third-order valence-electron chi connectivity index (χ3n) is 1.08. The van der Waals surface area contributed by atoms with Crippen LogP contribution in [0.5, 0.6) is 0 Å². The standard InChI is InChI=1S/C7H12N2O5/c1-6(8)5-7(10)13-3-2-4-14-9(11)12/h5H,2-4,8H2,1H3. The first kappa shape index (κ1) is 12.2. The van der Waals surface area contributed by atoms with E-state index in [1.165, 1.54) is 0 Å². The van der Waals surface area contributed by atoms with Gasteiger partial charge in [-0.05, 0) is 6.92 Å². The molecule has 0 heterocycles. The lowest BCUT2D eigenvalue weighted by Crippen LogP contribution is -2.09. The fourth-order valence-electron chi connectivity index (χ4n) is 0.598. The van der Waals surface area contributed by atoms with Crippen molar-refractivity contribution < 1.29 is 19.5 Å². The molecule has 0 saturated heterocycles. The van der Waals surface area contributed by atoms with Crippen LogP contribution in [0.25, 0.3) is 0 Å². The molecule has 0 aromatic rings. The summed E-state index contributed by atoms with van der Waals surface area (Å²) in [7, 11) is 0. The molecule has 0 aromatic heterocycles. The number of ether oxygens (including phenoxy) is 1. The van der Waals surface area contributed by atoms with Crippen molar-refractivity contribution in [3.05, 3.63) is 21.9 Å². The summed E-state index contributed by atoms with van der Waals surface area (Å²) in [5, 5.41) is 8.79. The highest BCUT2D eigenvalue weighted by Gasteiger charge is 1.99. The van der Waals surface area contributed by atoms with Crippen LogP contribution >= 0.6 is 0 Å². The highest BCUT2D eigenvalue weighted by molar-refractivity contribution is 5.82. The molecule has 0 aliphatic heterocycles. The topological polar surface area (TPSA) is 105 Å². The van der Waals surface area contributed by atoms with Gasteiger partial charge in [-0.1, -0.05) is 0 Å². The van der Waals surface area contributed by atoms with Crippen LogP contribution in [0, 0.1) is 10.1 Å². The summed E-state index contributed by atoms with van der Waals surface area (Å²) in [5.74, 6) is -0.564. The summed E-state index contributed by atoms with van der Waals surface area (Å²) in [5.41, 5.74) is 5.55. The predicted octanol–water partition coefficient (Wildman–Crippen LogP) is -0.00950. The van der Waals surface area contributed by atoms with Crippen molar-refractivity contribution in [2.75, 3.05) is 13.2 Å². The maximum Gasteiger partial charge on any atom is 0.332 e. The molecule has 0 bridgehead atoms. The number of nitrogens with two attached hydrogens (primary N) is 1. The molecule has 0 amide bonds. The van der Waals surface area contributed by atoms with Crippen molar-refractivity contribution in [1.82, 2.24) is 0 Å². The van der Waals surface area contributed by atoms with Gasteiger partial charge < -0.3 is 15.3 Å². The molecule has 0 aromatic carbocycles. The summed E-state index contributed by atoms with van der Waals surface area (Å²) >= 11 is 0. The van der Waals surface area contributed by atoms with Gasteiger partial charge in [-0.3, -0.25) is 0 Å². The number of hydrogen-bond donors (Lipinski definition) is 1. The van der Waals surface area contributed by atoms with E-state index in [1.54, 1.807) is 6.92 Å². The average Bonchev–Trinajstić information content (AvgIpc) is 2.01. The van der Waals surface area contributed by atoms with E-state index < -0.39 is 11.1 Å². The molecule has 0 saturated carbocycles. The maximum atomic E-state index is 10.8. The summed E-state index contributed by atoms with van der Waals surface area (Å²) in [6, 6.07) is 0. The van der Waals surface area contributed by atoms with Crippen molar-refractivity contribution in [3.8, 4) is 0 Å². The van der Waals surface area contributed by atoms with Crippen LogP contribution < -0.4 is 5.73 Å². The summed E-state index contributed by atoms with van der Waals surface area (Å²) in [6.07, 6.45) is 1.40. The normalized spacial score (nSPS) is 10.8. The molecule has 7 heteroatoms. The number of allylic oxidation sites excluding steroid dienone is 1. The van der Waals surface area contributed by atoms with Crippen LogP contribution in [-0.4, -0.2) is 24.3 Å². The quantitative estimate of drug-likeness (QED) is 0.214. The minimum absolute atomic E-state index is 0.0659. The number of rotatable bonds is 6. The van der Waals surface area contributed by atoms with Crippen molar-refractivity contribution in [3.63, 3.8) is 0 Å². The number of carbonyl (C=O) groups is 1. The van der Waals surface area contributed by atoms with Crippen molar-refractivity contribution in [1.29, 1.82) is 0 Å². The fourth-order valence-corrected chi connectivity index (χ4v) is 0.598. The summed E-state index contributed by atoms with van der Waals surface area (Å²) < 4.78 is 4.64. The van der Waals surface area contributed by atoms with E-state index >= 15 is 0 Å². The monoisotopic (exact) mass is 204 g/mol. The van der Waals surface area contributed by atoms with Gasteiger partial charge in [-0.2, -0.15) is 0 Å². The SMILES string of the molecule is CC(N)=CC(=O)OCCCO[N+](=O)[O-]. The minimum Gasteiger partial charge on any atom is -0.462 e. The predicted molar refractivity (Wildman–Crippen MR) is 46.5 cm³/mol. The van der Waals surface area contributed by atoms with Crippen LogP contribution in [0.3, 0.4) is 0 Å². The maximum absolute atomic E-state index is 10.8. The first-order chi connectivity index (χ1) is 6.52. The van der Waals surface area contributed by atoms with Crippen molar-refractivity contribution in [2.24, 2.45) is 5.73 Å². The molecular weight excluding hydrogens is 192 g/mol. The second-order valence-electron chi connectivity index (χ2n) is 2.47. The van der Waals surface area contributed by atoms with Gasteiger partial charge in [-0.25, -0.2) is 4.79 Å². The van der Waals surface area contributed by atoms with Crippen molar-refractivity contribution in [2.45, 2.75) is 13.3 Å². The van der Waals surface area contributed by atoms with Gasteiger partial charge in [0.1, 0.15) is 0 Å². The van der Waals surface area contributed by atoms with Gasteiger partial charge in [0.15, 0.2) is 0 Å². The lowest BCUT2D eigenvalue weighted by molar-refractivity contribution is -0.757. The molecule has 0 atom stereocenters. The first-order valence-electron chi connectivity index (χ1n) is 3.90. The Morgan fingerprint density at radius 3 is 2.71 bits per heavy atom. The molecule has 0 aliphatic carbocycles. The Kier molecular flexibility index (Phi) is 5.84. The lowest BCUT2D eigenvalue weighted by atomic mass is 10.4. The summed E-state index contributed by atoms with van der Waals surface area (Å²) in [6.45, 7) is 1.53. The second kappa shape index (κ2) is 6.70. The van der Waals surface area contributed by atoms with Crippen LogP contribution in [0.4, 0.5) is 0 Å². The zero-order valence-electron chi connectivity index (χ0n) is 7.76. The number of carbonyl (C=O) groups excluding carboxylic acids is 1. The third kappa shape index (κ3) is 8.31. The Bertz CT molecular complexity index is 234. The van der Waals surface area contributed by atoms with Gasteiger partial charge >= 0.3 is 5.97 Å². The number of esters is 1. The van der Waals surface area contributed by atoms with E-state index in [1.807, 2.05) is 0 Å². The Hall–Kier alpha value is -1.79. The van der Waals surface area contributed by atoms with Crippen LogP contribution in [0.2, 0.25) is 0 Å². The van der Waals surface area contributed by atoms with E-state index in [0.717, 1.165) is 6.08 Å². The minimum atomic E-state index is -0.897. The number of nitrogens with zero attached hydrogens (tertiary/aromatic N) is 1. The van der Waals surface area contributed by atoms with E-state index in [0.29, 0.717) is 5.70 Å². The lowest BCUT2D eigenvalue weighted by Gasteiger charge is -2.01. The van der Waals surface area contributed by atoms with E-state index in [9.17, 15) is 14.9 Å². The largest absolute Gasteiger partial charge is 0.462 e. The van der Waals surface area contributed by atoms with E-state index in [2.05, 4.69) is 9.57 Å².